The molecule has 16 heavy (non-hydrogen) atoms. The maximum Gasteiger partial charge on any atom is 0.185 e. The zero-order valence-electron chi connectivity index (χ0n) is 8.94. The normalized spacial score (nSPS) is 11.4. The lowest BCUT2D eigenvalue weighted by molar-refractivity contribution is -0.116. The minimum absolute atomic E-state index is 0.186. The lowest BCUT2D eigenvalue weighted by atomic mass is 10.3. The van der Waals surface area contributed by atoms with Gasteiger partial charge in [0.15, 0.2) is 9.84 Å². The number of carbonyl (C=O) groups is 1. The summed E-state index contributed by atoms with van der Waals surface area (Å²) in [6.45, 7) is 1.85. The fraction of sp³-hybridized carbons (Fsp3) is 0.364. The number of rotatable bonds is 5. The second kappa shape index (κ2) is 5.59. The molecule has 0 heterocycles. The number of sulfone groups is 1. The van der Waals surface area contributed by atoms with Gasteiger partial charge in [0.25, 0.3) is 0 Å². The van der Waals surface area contributed by atoms with Gasteiger partial charge in [-0.2, -0.15) is 0 Å². The van der Waals surface area contributed by atoms with Crippen molar-refractivity contribution in [1.82, 2.24) is 0 Å². The Morgan fingerprint density at radius 3 is 2.62 bits per heavy atom. The molecule has 0 aliphatic rings. The molecule has 0 unspecified atom stereocenters. The van der Waals surface area contributed by atoms with Crippen LogP contribution in [0.25, 0.3) is 0 Å². The Morgan fingerprint density at radius 2 is 2.06 bits per heavy atom. The first-order valence-corrected chi connectivity index (χ1v) is 7.40. The van der Waals surface area contributed by atoms with E-state index in [2.05, 4.69) is 15.9 Å². The third-order valence-electron chi connectivity index (χ3n) is 2.04. The summed E-state index contributed by atoms with van der Waals surface area (Å²) < 4.78 is 24.3. The van der Waals surface area contributed by atoms with Gasteiger partial charge in [-0.1, -0.05) is 28.9 Å². The smallest absolute Gasteiger partial charge is 0.185 e. The van der Waals surface area contributed by atoms with Gasteiger partial charge in [0, 0.05) is 10.9 Å². The average molecular weight is 305 g/mol. The number of hydrogen-bond acceptors (Lipinski definition) is 3. The molecular weight excluding hydrogens is 292 g/mol. The van der Waals surface area contributed by atoms with Gasteiger partial charge in [-0.15, -0.1) is 0 Å². The Hall–Kier alpha value is -0.680. The summed E-state index contributed by atoms with van der Waals surface area (Å²) >= 11 is 3.20. The van der Waals surface area contributed by atoms with Gasteiger partial charge in [-0.3, -0.25) is 4.79 Å². The lowest BCUT2D eigenvalue weighted by Crippen LogP contribution is -2.15. The van der Waals surface area contributed by atoms with Crippen LogP contribution in [0.15, 0.2) is 33.6 Å². The number of Topliss-reactive ketones (excluding diaryl/α,β-unsaturated/α-hetero) is 1. The third-order valence-corrected chi connectivity index (χ3v) is 4.20. The lowest BCUT2D eigenvalue weighted by Gasteiger charge is -2.03. The van der Waals surface area contributed by atoms with Crippen LogP contribution in [0.2, 0.25) is 0 Å². The van der Waals surface area contributed by atoms with Crippen LogP contribution in [-0.4, -0.2) is 20.0 Å². The van der Waals surface area contributed by atoms with Crippen LogP contribution >= 0.6 is 15.9 Å². The Bertz CT molecular complexity index is 480. The minimum atomic E-state index is -3.48. The highest BCUT2D eigenvalue weighted by Crippen LogP contribution is 2.17. The maximum absolute atomic E-state index is 11.8. The largest absolute Gasteiger partial charge is 0.299 e. The molecule has 0 atom stereocenters. The van der Waals surface area contributed by atoms with Gasteiger partial charge in [-0.25, -0.2) is 8.42 Å². The van der Waals surface area contributed by atoms with Crippen LogP contribution in [0.1, 0.15) is 19.8 Å². The fourth-order valence-electron chi connectivity index (χ4n) is 1.31. The molecule has 0 amide bonds. The van der Waals surface area contributed by atoms with Crippen molar-refractivity contribution in [2.24, 2.45) is 0 Å². The van der Waals surface area contributed by atoms with E-state index in [0.29, 0.717) is 17.3 Å². The second-order valence-electron chi connectivity index (χ2n) is 3.51. The van der Waals surface area contributed by atoms with Crippen molar-refractivity contribution in [2.75, 3.05) is 5.75 Å². The van der Waals surface area contributed by atoms with Crippen LogP contribution in [0.4, 0.5) is 0 Å². The van der Waals surface area contributed by atoms with Crippen molar-refractivity contribution in [3.05, 3.63) is 28.7 Å². The Balaban J connectivity index is 2.90. The van der Waals surface area contributed by atoms with Crippen LogP contribution in [0.3, 0.4) is 0 Å². The molecule has 0 saturated heterocycles. The zero-order chi connectivity index (χ0) is 12.2. The molecule has 0 aromatic heterocycles. The number of benzene rings is 1. The van der Waals surface area contributed by atoms with Crippen LogP contribution in [0.5, 0.6) is 0 Å². The highest BCUT2D eigenvalue weighted by molar-refractivity contribution is 9.10. The zero-order valence-corrected chi connectivity index (χ0v) is 11.3. The molecule has 0 aliphatic carbocycles. The summed E-state index contributed by atoms with van der Waals surface area (Å²) in [6.07, 6.45) is 0.986. The highest BCUT2D eigenvalue weighted by atomic mass is 79.9. The standard InChI is InChI=1S/C11H13BrO3S/c1-2-4-10(13)8-16(14,15)11-6-3-5-9(12)7-11/h3,5-7H,2,4,8H2,1H3. The molecule has 0 spiro atoms. The molecule has 3 nitrogen and oxygen atoms in total. The molecule has 5 heteroatoms. The highest BCUT2D eigenvalue weighted by Gasteiger charge is 2.18. The molecular formula is C11H13BrO3S. The predicted octanol–water partition coefficient (Wildman–Crippen LogP) is 2.59. The molecule has 0 saturated carbocycles. The monoisotopic (exact) mass is 304 g/mol. The Morgan fingerprint density at radius 1 is 1.38 bits per heavy atom. The number of hydrogen-bond donors (Lipinski definition) is 0. The van der Waals surface area contributed by atoms with E-state index in [-0.39, 0.29) is 10.7 Å². The molecule has 1 rings (SSSR count). The van der Waals surface area contributed by atoms with Gasteiger partial charge in [0.05, 0.1) is 4.90 Å². The first-order valence-electron chi connectivity index (χ1n) is 4.95. The SMILES string of the molecule is CCCC(=O)CS(=O)(=O)c1cccc(Br)c1. The van der Waals surface area contributed by atoms with E-state index < -0.39 is 15.6 Å². The van der Waals surface area contributed by atoms with Crippen molar-refractivity contribution < 1.29 is 13.2 Å². The molecule has 0 aliphatic heterocycles. The van der Waals surface area contributed by atoms with Crippen LogP contribution in [0, 0.1) is 0 Å². The molecule has 88 valence electrons. The van der Waals surface area contributed by atoms with E-state index in [9.17, 15) is 13.2 Å². The minimum Gasteiger partial charge on any atom is -0.299 e. The van der Waals surface area contributed by atoms with E-state index in [1.54, 1.807) is 12.1 Å². The molecule has 0 N–H and O–H groups in total. The second-order valence-corrected chi connectivity index (χ2v) is 6.41. The van der Waals surface area contributed by atoms with Crippen molar-refractivity contribution >= 4 is 31.6 Å². The number of halogens is 1. The van der Waals surface area contributed by atoms with E-state index in [0.717, 1.165) is 0 Å². The van der Waals surface area contributed by atoms with E-state index in [4.69, 9.17) is 0 Å². The maximum atomic E-state index is 11.8. The topological polar surface area (TPSA) is 51.2 Å². The summed E-state index contributed by atoms with van der Waals surface area (Å²) in [7, 11) is -3.48. The van der Waals surface area contributed by atoms with Gasteiger partial charge < -0.3 is 0 Å². The molecule has 1 aromatic rings. The summed E-state index contributed by atoms with van der Waals surface area (Å²) in [5, 5.41) is 0. The Kier molecular flexibility index (Phi) is 4.68. The van der Waals surface area contributed by atoms with Gasteiger partial charge in [0.1, 0.15) is 11.5 Å². The average Bonchev–Trinajstić information content (AvgIpc) is 2.17. The predicted molar refractivity (Wildman–Crippen MR) is 66.1 cm³/mol. The number of ketones is 1. The van der Waals surface area contributed by atoms with Crippen molar-refractivity contribution in [2.45, 2.75) is 24.7 Å². The van der Waals surface area contributed by atoms with Gasteiger partial charge in [0.2, 0.25) is 0 Å². The van der Waals surface area contributed by atoms with Crippen molar-refractivity contribution in [3.63, 3.8) is 0 Å². The summed E-state index contributed by atoms with van der Waals surface area (Å²) in [6, 6.07) is 6.39. The fourth-order valence-corrected chi connectivity index (χ4v) is 3.18. The molecule has 0 bridgehead atoms. The van der Waals surface area contributed by atoms with E-state index >= 15 is 0 Å². The summed E-state index contributed by atoms with van der Waals surface area (Å²) in [4.78, 5) is 11.5. The molecule has 0 radical (unpaired) electrons. The van der Waals surface area contributed by atoms with Crippen molar-refractivity contribution in [1.29, 1.82) is 0 Å². The first-order chi connectivity index (χ1) is 7.45. The van der Waals surface area contributed by atoms with E-state index in [1.165, 1.54) is 12.1 Å². The van der Waals surface area contributed by atoms with Gasteiger partial charge >= 0.3 is 0 Å². The molecule has 0 fully saturated rings. The van der Waals surface area contributed by atoms with Crippen LogP contribution < -0.4 is 0 Å². The van der Waals surface area contributed by atoms with Gasteiger partial charge in [-0.05, 0) is 24.6 Å². The number of carbonyl (C=O) groups excluding carboxylic acids is 1. The summed E-state index contributed by atoms with van der Waals surface area (Å²) in [5.41, 5.74) is 0. The van der Waals surface area contributed by atoms with E-state index in [1.807, 2.05) is 6.92 Å². The summed E-state index contributed by atoms with van der Waals surface area (Å²) in [5.74, 6) is -0.639. The van der Waals surface area contributed by atoms with Crippen molar-refractivity contribution in [3.8, 4) is 0 Å². The van der Waals surface area contributed by atoms with Crippen LogP contribution in [-0.2, 0) is 14.6 Å². The third kappa shape index (κ3) is 3.72. The molecule has 1 aromatic carbocycles. The Labute approximate surface area is 104 Å². The first kappa shape index (κ1) is 13.4. The quantitative estimate of drug-likeness (QED) is 0.840.